The van der Waals surface area contributed by atoms with Crippen LogP contribution in [0.15, 0.2) is 12.4 Å². The Balaban J connectivity index is 2.88. The van der Waals surface area contributed by atoms with E-state index in [1.807, 2.05) is 7.05 Å². The van der Waals surface area contributed by atoms with E-state index in [4.69, 9.17) is 0 Å². The van der Waals surface area contributed by atoms with Crippen LogP contribution in [0.3, 0.4) is 0 Å². The molecular weight excluding hydrogens is 229 g/mol. The van der Waals surface area contributed by atoms with Crippen LogP contribution in [-0.2, 0) is 0 Å². The minimum Gasteiger partial charge on any atom is -0.372 e. The zero-order valence-corrected chi connectivity index (χ0v) is 7.08. The molecule has 0 spiro atoms. The van der Waals surface area contributed by atoms with Crippen molar-refractivity contribution in [3.63, 3.8) is 0 Å². The van der Waals surface area contributed by atoms with Crippen LogP contribution in [0, 0.1) is 3.70 Å². The van der Waals surface area contributed by atoms with Gasteiger partial charge in [0.15, 0.2) is 0 Å². The summed E-state index contributed by atoms with van der Waals surface area (Å²) in [4.78, 5) is 8.03. The molecule has 0 atom stereocenters. The van der Waals surface area contributed by atoms with E-state index in [0.29, 0.717) is 0 Å². The molecule has 1 rings (SSSR count). The first kappa shape index (κ1) is 6.73. The Labute approximate surface area is 67.0 Å². The van der Waals surface area contributed by atoms with E-state index in [0.717, 1.165) is 9.52 Å². The second kappa shape index (κ2) is 2.95. The van der Waals surface area contributed by atoms with Crippen molar-refractivity contribution in [3.8, 4) is 0 Å². The fraction of sp³-hybridized carbons (Fsp3) is 0.200. The van der Waals surface area contributed by atoms with Crippen molar-refractivity contribution in [2.24, 2.45) is 0 Å². The third-order valence-electron chi connectivity index (χ3n) is 0.876. The maximum Gasteiger partial charge on any atom is 0.144 e. The van der Waals surface area contributed by atoms with Crippen molar-refractivity contribution in [2.45, 2.75) is 0 Å². The second-order valence-electron chi connectivity index (χ2n) is 1.47. The van der Waals surface area contributed by atoms with Gasteiger partial charge in [0, 0.05) is 7.05 Å². The highest BCUT2D eigenvalue weighted by molar-refractivity contribution is 14.1. The van der Waals surface area contributed by atoms with Crippen molar-refractivity contribution < 1.29 is 0 Å². The Hall–Kier alpha value is -0.390. The Morgan fingerprint density at radius 2 is 2.22 bits per heavy atom. The normalized spacial score (nSPS) is 9.11. The predicted octanol–water partition coefficient (Wildman–Crippen LogP) is 1.12. The number of anilines is 1. The van der Waals surface area contributed by atoms with E-state index in [9.17, 15) is 0 Å². The zero-order chi connectivity index (χ0) is 6.69. The number of nitrogens with one attached hydrogen (secondary N) is 1. The van der Waals surface area contributed by atoms with E-state index in [2.05, 4.69) is 37.9 Å². The molecule has 0 fully saturated rings. The lowest BCUT2D eigenvalue weighted by Crippen LogP contribution is -1.92. The van der Waals surface area contributed by atoms with Gasteiger partial charge in [0.2, 0.25) is 0 Å². The molecule has 9 heavy (non-hydrogen) atoms. The summed E-state index contributed by atoms with van der Waals surface area (Å²) in [7, 11) is 1.82. The maximum absolute atomic E-state index is 4.02. The molecule has 0 unspecified atom stereocenters. The molecule has 0 radical (unpaired) electrons. The number of hydrogen-bond acceptors (Lipinski definition) is 3. The fourth-order valence-corrected chi connectivity index (χ4v) is 0.720. The van der Waals surface area contributed by atoms with E-state index in [1.165, 1.54) is 0 Å². The number of nitrogens with zero attached hydrogens (tertiary/aromatic N) is 2. The highest BCUT2D eigenvalue weighted by Crippen LogP contribution is 2.00. The van der Waals surface area contributed by atoms with Gasteiger partial charge < -0.3 is 5.32 Å². The van der Waals surface area contributed by atoms with Crippen molar-refractivity contribution in [1.82, 2.24) is 9.97 Å². The molecule has 1 aromatic heterocycles. The first-order valence-corrected chi connectivity index (χ1v) is 3.56. The lowest BCUT2D eigenvalue weighted by atomic mass is 10.7. The third kappa shape index (κ3) is 1.78. The smallest absolute Gasteiger partial charge is 0.144 e. The van der Waals surface area contributed by atoms with Gasteiger partial charge in [-0.1, -0.05) is 0 Å². The average molecular weight is 235 g/mol. The summed E-state index contributed by atoms with van der Waals surface area (Å²) in [5.41, 5.74) is 0. The molecule has 0 aliphatic carbocycles. The Morgan fingerprint density at radius 3 is 2.67 bits per heavy atom. The summed E-state index contributed by atoms with van der Waals surface area (Å²) < 4.78 is 0.909. The SMILES string of the molecule is CNc1cnc(I)cn1. The fourth-order valence-electron chi connectivity index (χ4n) is 0.441. The van der Waals surface area contributed by atoms with Gasteiger partial charge in [-0.2, -0.15) is 0 Å². The molecule has 4 heteroatoms. The molecule has 0 aromatic carbocycles. The van der Waals surface area contributed by atoms with Crippen molar-refractivity contribution in [1.29, 1.82) is 0 Å². The van der Waals surface area contributed by atoms with E-state index in [-0.39, 0.29) is 0 Å². The number of rotatable bonds is 1. The molecule has 48 valence electrons. The predicted molar refractivity (Wildman–Crippen MR) is 44.3 cm³/mol. The third-order valence-corrected chi connectivity index (χ3v) is 1.43. The summed E-state index contributed by atoms with van der Waals surface area (Å²) in [6.45, 7) is 0. The van der Waals surface area contributed by atoms with E-state index in [1.54, 1.807) is 12.4 Å². The van der Waals surface area contributed by atoms with Crippen LogP contribution in [0.5, 0.6) is 0 Å². The van der Waals surface area contributed by atoms with Gasteiger partial charge in [-0.3, -0.25) is 0 Å². The molecule has 0 saturated heterocycles. The molecule has 3 nitrogen and oxygen atoms in total. The minimum absolute atomic E-state index is 0.801. The van der Waals surface area contributed by atoms with Gasteiger partial charge in [0.1, 0.15) is 9.52 Å². The number of halogens is 1. The van der Waals surface area contributed by atoms with Crippen LogP contribution < -0.4 is 5.32 Å². The van der Waals surface area contributed by atoms with Gasteiger partial charge in [-0.15, -0.1) is 0 Å². The van der Waals surface area contributed by atoms with Crippen LogP contribution in [0.1, 0.15) is 0 Å². The van der Waals surface area contributed by atoms with Crippen molar-refractivity contribution in [3.05, 3.63) is 16.1 Å². The average Bonchev–Trinajstić information content (AvgIpc) is 1.90. The first-order chi connectivity index (χ1) is 4.33. The van der Waals surface area contributed by atoms with Crippen molar-refractivity contribution in [2.75, 3.05) is 12.4 Å². The summed E-state index contributed by atoms with van der Waals surface area (Å²) in [5, 5.41) is 2.88. The van der Waals surface area contributed by atoms with Crippen LogP contribution in [-0.4, -0.2) is 17.0 Å². The van der Waals surface area contributed by atoms with Crippen LogP contribution in [0.4, 0.5) is 5.82 Å². The monoisotopic (exact) mass is 235 g/mol. The van der Waals surface area contributed by atoms with Gasteiger partial charge in [0.05, 0.1) is 12.4 Å². The first-order valence-electron chi connectivity index (χ1n) is 2.48. The molecule has 1 heterocycles. The summed E-state index contributed by atoms with van der Waals surface area (Å²) in [5.74, 6) is 0.801. The number of aromatic nitrogens is 2. The molecule has 0 saturated carbocycles. The van der Waals surface area contributed by atoms with Crippen LogP contribution in [0.25, 0.3) is 0 Å². The lowest BCUT2D eigenvalue weighted by molar-refractivity contribution is 1.15. The molecule has 1 aromatic rings. The quantitative estimate of drug-likeness (QED) is 0.741. The van der Waals surface area contributed by atoms with Gasteiger partial charge in [-0.05, 0) is 22.6 Å². The summed E-state index contributed by atoms with van der Waals surface area (Å²) in [6, 6.07) is 0. The molecule has 0 amide bonds. The Bertz CT molecular complexity index is 184. The molecule has 0 bridgehead atoms. The highest BCUT2D eigenvalue weighted by Gasteiger charge is 1.87. The number of hydrogen-bond donors (Lipinski definition) is 1. The van der Waals surface area contributed by atoms with E-state index < -0.39 is 0 Å². The standard InChI is InChI=1S/C5H6IN3/c1-7-5-3-8-4(6)2-9-5/h2-3H,1H3,(H,7,9). The van der Waals surface area contributed by atoms with Gasteiger partial charge in [0.25, 0.3) is 0 Å². The van der Waals surface area contributed by atoms with Crippen LogP contribution in [0.2, 0.25) is 0 Å². The Morgan fingerprint density at radius 1 is 1.44 bits per heavy atom. The highest BCUT2D eigenvalue weighted by atomic mass is 127. The Kier molecular flexibility index (Phi) is 2.21. The maximum atomic E-state index is 4.02. The van der Waals surface area contributed by atoms with Crippen molar-refractivity contribution >= 4 is 28.4 Å². The summed E-state index contributed by atoms with van der Waals surface area (Å²) >= 11 is 2.11. The van der Waals surface area contributed by atoms with Crippen LogP contribution >= 0.6 is 22.6 Å². The largest absolute Gasteiger partial charge is 0.372 e. The molecule has 0 aliphatic heterocycles. The molecular formula is C5H6IN3. The van der Waals surface area contributed by atoms with Gasteiger partial charge in [-0.25, -0.2) is 9.97 Å². The zero-order valence-electron chi connectivity index (χ0n) is 4.93. The van der Waals surface area contributed by atoms with E-state index >= 15 is 0 Å². The minimum atomic E-state index is 0.801. The molecule has 0 aliphatic rings. The second-order valence-corrected chi connectivity index (χ2v) is 2.58. The van der Waals surface area contributed by atoms with Gasteiger partial charge >= 0.3 is 0 Å². The molecule has 1 N–H and O–H groups in total. The summed E-state index contributed by atoms with van der Waals surface area (Å²) in [6.07, 6.45) is 3.41. The topological polar surface area (TPSA) is 37.8 Å². The lowest BCUT2D eigenvalue weighted by Gasteiger charge is -1.94.